The van der Waals surface area contributed by atoms with Crippen molar-refractivity contribution in [3.8, 4) is 11.4 Å². The lowest BCUT2D eigenvalue weighted by molar-refractivity contribution is 0.0954. The fraction of sp³-hybridized carbons (Fsp3) is 0.261. The fourth-order valence-corrected chi connectivity index (χ4v) is 3.46. The van der Waals surface area contributed by atoms with Crippen LogP contribution in [0.25, 0.3) is 27.9 Å². The van der Waals surface area contributed by atoms with Crippen LogP contribution < -0.4 is 15.8 Å². The van der Waals surface area contributed by atoms with Crippen molar-refractivity contribution in [3.05, 3.63) is 54.1 Å². The number of hydrogen-bond acceptors (Lipinski definition) is 5. The number of nitrogen functional groups attached to an aromatic ring is 1. The Balaban J connectivity index is 1.93. The molecule has 154 valence electrons. The number of carbonyl (C=O) groups excluding carboxylic acids is 1. The van der Waals surface area contributed by atoms with Crippen molar-refractivity contribution in [2.45, 2.75) is 20.3 Å². The maximum atomic E-state index is 13.1. The van der Waals surface area contributed by atoms with Gasteiger partial charge >= 0.3 is 0 Å². The van der Waals surface area contributed by atoms with Gasteiger partial charge in [-0.2, -0.15) is 0 Å². The molecule has 0 aliphatic heterocycles. The van der Waals surface area contributed by atoms with Crippen LogP contribution in [0.2, 0.25) is 0 Å². The molecule has 0 unspecified atom stereocenters. The van der Waals surface area contributed by atoms with Crippen LogP contribution in [0.15, 0.2) is 48.5 Å². The first-order valence-corrected chi connectivity index (χ1v) is 9.99. The van der Waals surface area contributed by atoms with Gasteiger partial charge in [-0.3, -0.25) is 9.36 Å². The average molecular weight is 403 g/mol. The van der Waals surface area contributed by atoms with Gasteiger partial charge in [-0.15, -0.1) is 0 Å². The molecule has 0 radical (unpaired) electrons. The van der Waals surface area contributed by atoms with Crippen LogP contribution in [0, 0.1) is 5.92 Å². The van der Waals surface area contributed by atoms with Gasteiger partial charge in [0, 0.05) is 12.6 Å². The molecule has 0 fully saturated rings. The molecule has 7 heteroatoms. The van der Waals surface area contributed by atoms with E-state index < -0.39 is 0 Å². The summed E-state index contributed by atoms with van der Waals surface area (Å²) >= 11 is 0. The number of fused-ring (bicyclic) bond motifs is 2. The van der Waals surface area contributed by atoms with Crippen molar-refractivity contribution >= 4 is 33.9 Å². The number of aromatic nitrogens is 3. The molecule has 3 N–H and O–H groups in total. The van der Waals surface area contributed by atoms with Crippen LogP contribution in [0.3, 0.4) is 0 Å². The van der Waals surface area contributed by atoms with E-state index in [-0.39, 0.29) is 5.91 Å². The minimum atomic E-state index is -0.246. The SMILES string of the molecule is COc1cccc(-n2c(N)c(C(=O)NCCC(C)C)c3nc4ccccc4nc32)c1. The van der Waals surface area contributed by atoms with E-state index in [1.165, 1.54) is 0 Å². The van der Waals surface area contributed by atoms with Gasteiger partial charge in [0.25, 0.3) is 5.91 Å². The fourth-order valence-electron chi connectivity index (χ4n) is 3.46. The second-order valence-corrected chi connectivity index (χ2v) is 7.62. The van der Waals surface area contributed by atoms with Crippen molar-refractivity contribution in [2.24, 2.45) is 5.92 Å². The summed E-state index contributed by atoms with van der Waals surface area (Å²) in [5, 5.41) is 2.97. The van der Waals surface area contributed by atoms with E-state index in [1.807, 2.05) is 48.5 Å². The third-order valence-corrected chi connectivity index (χ3v) is 5.04. The van der Waals surface area contributed by atoms with Crippen molar-refractivity contribution in [2.75, 3.05) is 19.4 Å². The molecule has 2 aromatic heterocycles. The standard InChI is InChI=1S/C23H25N5O2/c1-14(2)11-12-25-23(29)19-20-22(27-18-10-5-4-9-17(18)26-20)28(21(19)24)15-7-6-8-16(13-15)30-3/h4-10,13-14H,11-12,24H2,1-3H3,(H,25,29). The third-order valence-electron chi connectivity index (χ3n) is 5.04. The van der Waals surface area contributed by atoms with E-state index in [1.54, 1.807) is 11.7 Å². The Hall–Kier alpha value is -3.61. The van der Waals surface area contributed by atoms with Crippen molar-refractivity contribution in [1.82, 2.24) is 19.9 Å². The summed E-state index contributed by atoms with van der Waals surface area (Å²) < 4.78 is 7.12. The van der Waals surface area contributed by atoms with E-state index in [0.717, 1.165) is 17.6 Å². The topological polar surface area (TPSA) is 95.1 Å². The second kappa shape index (κ2) is 8.02. The molecule has 0 spiro atoms. The van der Waals surface area contributed by atoms with E-state index in [4.69, 9.17) is 20.4 Å². The summed E-state index contributed by atoms with van der Waals surface area (Å²) in [5.74, 6) is 1.23. The number of nitrogens with one attached hydrogen (secondary N) is 1. The molecule has 0 saturated heterocycles. The molecule has 4 rings (SSSR count). The normalized spacial score (nSPS) is 11.3. The molecule has 0 aliphatic carbocycles. The molecule has 0 bridgehead atoms. The number of rotatable bonds is 6. The molecular weight excluding hydrogens is 378 g/mol. The summed E-state index contributed by atoms with van der Waals surface area (Å²) in [6.07, 6.45) is 0.884. The number of carbonyl (C=O) groups is 1. The first-order valence-electron chi connectivity index (χ1n) is 9.99. The van der Waals surface area contributed by atoms with Crippen molar-refractivity contribution < 1.29 is 9.53 Å². The van der Waals surface area contributed by atoms with E-state index in [2.05, 4.69) is 19.2 Å². The Morgan fingerprint density at radius 3 is 2.57 bits per heavy atom. The predicted molar refractivity (Wildman–Crippen MR) is 119 cm³/mol. The van der Waals surface area contributed by atoms with Gasteiger partial charge in [0.15, 0.2) is 5.65 Å². The first kappa shape index (κ1) is 19.7. The number of amides is 1. The summed E-state index contributed by atoms with van der Waals surface area (Å²) in [6.45, 7) is 4.81. The zero-order valence-electron chi connectivity index (χ0n) is 17.3. The van der Waals surface area contributed by atoms with E-state index in [0.29, 0.717) is 46.3 Å². The number of hydrogen-bond donors (Lipinski definition) is 2. The molecule has 0 atom stereocenters. The van der Waals surface area contributed by atoms with Crippen LogP contribution in [0.1, 0.15) is 30.6 Å². The Morgan fingerprint density at radius 2 is 1.87 bits per heavy atom. The molecule has 2 aromatic carbocycles. The smallest absolute Gasteiger partial charge is 0.257 e. The number of ether oxygens (including phenoxy) is 1. The lowest BCUT2D eigenvalue weighted by Gasteiger charge is -2.10. The number of nitrogens with two attached hydrogens (primary N) is 1. The number of nitrogens with zero attached hydrogens (tertiary/aromatic N) is 3. The molecule has 2 heterocycles. The van der Waals surface area contributed by atoms with Crippen LogP contribution in [-0.2, 0) is 0 Å². The van der Waals surface area contributed by atoms with E-state index in [9.17, 15) is 4.79 Å². The largest absolute Gasteiger partial charge is 0.497 e. The maximum absolute atomic E-state index is 13.1. The van der Waals surface area contributed by atoms with Crippen molar-refractivity contribution in [1.29, 1.82) is 0 Å². The first-order chi connectivity index (χ1) is 14.5. The quantitative estimate of drug-likeness (QED) is 0.508. The third kappa shape index (κ3) is 3.54. The minimum Gasteiger partial charge on any atom is -0.497 e. The highest BCUT2D eigenvalue weighted by molar-refractivity contribution is 6.11. The minimum absolute atomic E-state index is 0.246. The van der Waals surface area contributed by atoms with Crippen molar-refractivity contribution in [3.63, 3.8) is 0 Å². The summed E-state index contributed by atoms with van der Waals surface area (Å²) in [4.78, 5) is 22.6. The summed E-state index contributed by atoms with van der Waals surface area (Å²) in [6, 6.07) is 15.0. The highest BCUT2D eigenvalue weighted by Gasteiger charge is 2.24. The molecular formula is C23H25N5O2. The summed E-state index contributed by atoms with van der Waals surface area (Å²) in [5.41, 5.74) is 10.1. The zero-order valence-corrected chi connectivity index (χ0v) is 17.3. The highest BCUT2D eigenvalue weighted by Crippen LogP contribution is 2.32. The zero-order chi connectivity index (χ0) is 21.3. The molecule has 30 heavy (non-hydrogen) atoms. The van der Waals surface area contributed by atoms with Crippen LogP contribution in [0.5, 0.6) is 5.75 Å². The molecule has 0 saturated carbocycles. The lowest BCUT2D eigenvalue weighted by Crippen LogP contribution is -2.26. The van der Waals surface area contributed by atoms with Gasteiger partial charge in [0.2, 0.25) is 0 Å². The lowest BCUT2D eigenvalue weighted by atomic mass is 10.1. The van der Waals surface area contributed by atoms with Crippen LogP contribution in [0.4, 0.5) is 5.82 Å². The van der Waals surface area contributed by atoms with Gasteiger partial charge in [0.1, 0.15) is 22.6 Å². The molecule has 4 aromatic rings. The maximum Gasteiger partial charge on any atom is 0.257 e. The Kier molecular flexibility index (Phi) is 5.27. The highest BCUT2D eigenvalue weighted by atomic mass is 16.5. The number of methoxy groups -OCH3 is 1. The molecule has 1 amide bonds. The average Bonchev–Trinajstić information content (AvgIpc) is 3.02. The van der Waals surface area contributed by atoms with Gasteiger partial charge in [-0.05, 0) is 36.6 Å². The number of para-hydroxylation sites is 2. The Bertz CT molecular complexity index is 1230. The Labute approximate surface area is 174 Å². The van der Waals surface area contributed by atoms with E-state index >= 15 is 0 Å². The molecule has 7 nitrogen and oxygen atoms in total. The van der Waals surface area contributed by atoms with Gasteiger partial charge < -0.3 is 15.8 Å². The Morgan fingerprint density at radius 1 is 1.13 bits per heavy atom. The van der Waals surface area contributed by atoms with Crippen LogP contribution >= 0.6 is 0 Å². The van der Waals surface area contributed by atoms with Gasteiger partial charge in [-0.25, -0.2) is 9.97 Å². The molecule has 0 aliphatic rings. The predicted octanol–water partition coefficient (Wildman–Crippen LogP) is 3.94. The van der Waals surface area contributed by atoms with Gasteiger partial charge in [-0.1, -0.05) is 32.0 Å². The number of benzene rings is 2. The summed E-state index contributed by atoms with van der Waals surface area (Å²) in [7, 11) is 1.61. The monoisotopic (exact) mass is 403 g/mol. The second-order valence-electron chi connectivity index (χ2n) is 7.62. The number of anilines is 1. The van der Waals surface area contributed by atoms with Crippen LogP contribution in [-0.4, -0.2) is 34.1 Å². The van der Waals surface area contributed by atoms with Gasteiger partial charge in [0.05, 0.1) is 23.8 Å².